The fraction of sp³-hybridized carbons (Fsp3) is 0.265. The van der Waals surface area contributed by atoms with Crippen LogP contribution >= 0.6 is 45.3 Å². The average molecular weight is 1550 g/mol. The molecular formula is C98H82F4N4O2S4. The van der Waals surface area contributed by atoms with Crippen LogP contribution < -0.4 is 18.1 Å². The molecule has 6 nitrogen and oxygen atoms in total. The summed E-state index contributed by atoms with van der Waals surface area (Å²) < 4.78 is 62.6. The highest BCUT2D eigenvalue weighted by molar-refractivity contribution is 7.17. The zero-order valence-electron chi connectivity index (χ0n) is 63.2. The van der Waals surface area contributed by atoms with Gasteiger partial charge in [0.2, 0.25) is 0 Å². The first-order valence-electron chi connectivity index (χ1n) is 39.3. The van der Waals surface area contributed by atoms with E-state index in [4.69, 9.17) is 13.1 Å². The van der Waals surface area contributed by atoms with E-state index in [9.17, 15) is 28.9 Å². The lowest BCUT2D eigenvalue weighted by Gasteiger charge is -2.35. The number of thiophene rings is 4. The van der Waals surface area contributed by atoms with Gasteiger partial charge in [0.25, 0.3) is 11.4 Å². The van der Waals surface area contributed by atoms with Crippen LogP contribution in [0.15, 0.2) is 181 Å². The van der Waals surface area contributed by atoms with E-state index < -0.39 is 45.7 Å². The largest absolute Gasteiger partial charge is 0.289 e. The summed E-state index contributed by atoms with van der Waals surface area (Å²) >= 11 is 6.07. The monoisotopic (exact) mass is 1550 g/mol. The summed E-state index contributed by atoms with van der Waals surface area (Å²) in [6.45, 7) is 24.9. The number of Topliss-reactive ketones (excluding diaryl/α,β-unsaturated/α-hetero) is 2. The molecule has 0 spiro atoms. The molecule has 15 rings (SSSR count). The molecule has 0 saturated carbocycles. The number of ketones is 2. The number of rotatable bonds is 26. The van der Waals surface area contributed by atoms with Crippen LogP contribution in [-0.2, 0) is 36.5 Å². The molecule has 112 heavy (non-hydrogen) atoms. The number of carbonyl (C=O) groups is 2. The highest BCUT2D eigenvalue weighted by Gasteiger charge is 2.53. The van der Waals surface area contributed by atoms with Crippen molar-refractivity contribution in [2.75, 3.05) is 0 Å². The quantitative estimate of drug-likeness (QED) is 0.0234. The van der Waals surface area contributed by atoms with Crippen LogP contribution in [0.25, 0.3) is 65.0 Å². The van der Waals surface area contributed by atoms with Gasteiger partial charge in [-0.05, 0) is 225 Å². The summed E-state index contributed by atoms with van der Waals surface area (Å²) in [7, 11) is 0. The molecule has 0 aliphatic heterocycles. The van der Waals surface area contributed by atoms with Crippen molar-refractivity contribution in [3.63, 3.8) is 0 Å². The third-order valence-corrected chi connectivity index (χ3v) is 27.2. The maximum atomic E-state index is 15.1. The molecular weight excluding hydrogens is 1470 g/mol. The number of nitrogens with zero attached hydrogens (tertiary/aromatic N) is 4. The van der Waals surface area contributed by atoms with Gasteiger partial charge in [0, 0.05) is 71.1 Å². The number of allylic oxidation sites excluding steroid dienone is 4. The first kappa shape index (κ1) is 76.7. The van der Waals surface area contributed by atoms with Gasteiger partial charge in [-0.2, -0.15) is 0 Å². The van der Waals surface area contributed by atoms with Crippen molar-refractivity contribution in [3.05, 3.63) is 344 Å². The third kappa shape index (κ3) is 13.8. The molecule has 0 saturated heterocycles. The van der Waals surface area contributed by atoms with Crippen molar-refractivity contribution in [2.45, 2.75) is 167 Å². The average Bonchev–Trinajstić information content (AvgIpc) is 1.50. The molecule has 4 heterocycles. The van der Waals surface area contributed by atoms with E-state index in [1.165, 1.54) is 70.6 Å². The maximum absolute atomic E-state index is 15.1. The van der Waals surface area contributed by atoms with Gasteiger partial charge in [0.1, 0.15) is 0 Å². The predicted molar refractivity (Wildman–Crippen MR) is 449 cm³/mol. The number of halogens is 4. The first-order chi connectivity index (χ1) is 54.6. The topological polar surface area (TPSA) is 90.4 Å². The fourth-order valence-electron chi connectivity index (χ4n) is 17.4. The number of hydrogen-bond acceptors (Lipinski definition) is 8. The summed E-state index contributed by atoms with van der Waals surface area (Å²) in [5.74, 6) is -5.93. The van der Waals surface area contributed by atoms with Crippen LogP contribution in [0.1, 0.15) is 239 Å². The smallest absolute Gasteiger partial charge is 0.270 e. The zero-order valence-corrected chi connectivity index (χ0v) is 66.5. The molecule has 0 fully saturated rings. The highest BCUT2D eigenvalue weighted by atomic mass is 32.1. The minimum atomic E-state index is -1.20. The molecule has 0 radical (unpaired) electrons. The van der Waals surface area contributed by atoms with Crippen LogP contribution in [0.3, 0.4) is 0 Å². The second-order valence-corrected chi connectivity index (χ2v) is 34.3. The predicted octanol–water partition coefficient (Wildman–Crippen LogP) is 23.8. The van der Waals surface area contributed by atoms with Gasteiger partial charge in [-0.1, -0.05) is 202 Å². The van der Waals surface area contributed by atoms with E-state index >= 15 is 8.78 Å². The van der Waals surface area contributed by atoms with Gasteiger partial charge in [-0.15, -0.1) is 45.3 Å². The van der Waals surface area contributed by atoms with E-state index in [0.717, 1.165) is 211 Å². The number of carbonyl (C=O) groups excluding carboxylic acids is 2. The zero-order chi connectivity index (χ0) is 78.0. The molecule has 558 valence electrons. The SMILES string of the molecule is [C-]#[N+]/C(C#N)=C1\C(=c2\cc/c(=C\c3cc4c(s3)-c3cc5c(cc3C4(c3ccc(CCCCCC)cc3)c3ccc(CCCCCC)cc3)-c3sc(/C=c4\cc/c(=C6\C(=O)c7cc(F)c(F)cc7\C6=C(\C#N)[N+]#[C-])s4)cc3C5(c3ccc(CCCCCC)cc3)c3ccc(CCCCCC)cc3)s2)C(=O)c2cc(F)c(F)cc21. The minimum absolute atomic E-state index is 0.00649. The Hall–Kier alpha value is -10.7. The Morgan fingerprint density at radius 2 is 0.679 bits per heavy atom. The molecule has 11 aromatic rings. The standard InChI is InChI=1S/C98H82F4N4O2S4/c1-7-11-15-19-23-59-27-35-63(36-28-59)97(64-37-29-60(30-38-64)24-20-16-12-8-2)77-51-76-78(52-75(77)95-79(97)49-69(111-95)47-67-43-45-87(109-67)91-89(85(57-103)105-5)71-53-81(99)83(101)55-73(71)93(91)107)98(65-39-31-61(32-40-65)25-21-17-13-9-3,66-41-33-62(34-42-66)26-22-18-14-10-4)80-50-70(112-96(76)80)48-68-44-46-88(110-68)92-90(86(58-104)106-6)72-54-82(100)84(102)56-74(72)94(92)108/h27-56H,7-26H2,1-4H3/b67-47+,68-48+,89-85-,90-86+,91-87+,92-88+. The maximum Gasteiger partial charge on any atom is 0.270 e. The highest BCUT2D eigenvalue weighted by Crippen LogP contribution is 2.65. The van der Waals surface area contributed by atoms with Crippen LogP contribution in [0.5, 0.6) is 0 Å². The van der Waals surface area contributed by atoms with E-state index in [2.05, 4.69) is 171 Å². The lowest BCUT2D eigenvalue weighted by atomic mass is 9.65. The van der Waals surface area contributed by atoms with Crippen LogP contribution in [0.2, 0.25) is 0 Å². The molecule has 0 atom stereocenters. The number of hydrogen-bond donors (Lipinski definition) is 0. The van der Waals surface area contributed by atoms with E-state index in [0.29, 0.717) is 9.06 Å². The Labute approximate surface area is 668 Å². The van der Waals surface area contributed by atoms with Gasteiger partial charge in [-0.25, -0.2) is 37.8 Å². The lowest BCUT2D eigenvalue weighted by molar-refractivity contribution is 0.105. The molecule has 4 aliphatic rings. The lowest BCUT2D eigenvalue weighted by Crippen LogP contribution is -2.30. The number of benzene rings is 7. The van der Waals surface area contributed by atoms with Crippen molar-refractivity contribution in [3.8, 4) is 33.0 Å². The van der Waals surface area contributed by atoms with Crippen LogP contribution in [0, 0.1) is 59.1 Å². The molecule has 7 aromatic carbocycles. The summed E-state index contributed by atoms with van der Waals surface area (Å²) in [5.41, 5.74) is 13.7. The van der Waals surface area contributed by atoms with E-state index in [1.807, 2.05) is 24.3 Å². The number of nitriles is 2. The summed E-state index contributed by atoms with van der Waals surface area (Å²) in [6, 6.07) is 61.9. The molecule has 14 heteroatoms. The van der Waals surface area contributed by atoms with Crippen LogP contribution in [-0.4, -0.2) is 11.6 Å². The Morgan fingerprint density at radius 3 is 0.964 bits per heavy atom. The molecule has 0 bridgehead atoms. The normalized spacial score (nSPS) is 16.2. The van der Waals surface area contributed by atoms with Crippen molar-refractivity contribution in [1.82, 2.24) is 0 Å². The fourth-order valence-corrected chi connectivity index (χ4v) is 22.0. The van der Waals surface area contributed by atoms with Crippen molar-refractivity contribution in [1.29, 1.82) is 10.5 Å². The molecule has 4 aliphatic carbocycles. The number of aryl methyl sites for hydroxylation is 4. The van der Waals surface area contributed by atoms with Crippen molar-refractivity contribution >= 4 is 91.4 Å². The first-order valence-corrected chi connectivity index (χ1v) is 42.5. The van der Waals surface area contributed by atoms with E-state index in [1.54, 1.807) is 34.8 Å². The van der Waals surface area contributed by atoms with Gasteiger partial charge < -0.3 is 0 Å². The Kier molecular flexibility index (Phi) is 22.6. The van der Waals surface area contributed by atoms with Crippen molar-refractivity contribution in [2.24, 2.45) is 0 Å². The van der Waals surface area contributed by atoms with Gasteiger partial charge in [0.15, 0.2) is 34.8 Å². The second-order valence-electron chi connectivity index (χ2n) is 29.9. The molecule has 0 unspecified atom stereocenters. The minimum Gasteiger partial charge on any atom is -0.289 e. The van der Waals surface area contributed by atoms with Gasteiger partial charge in [0.05, 0.1) is 36.1 Å². The molecule has 4 aromatic heterocycles. The van der Waals surface area contributed by atoms with E-state index in [-0.39, 0.29) is 55.9 Å². The third-order valence-electron chi connectivity index (χ3n) is 22.9. The number of unbranched alkanes of at least 4 members (excludes halogenated alkanes) is 12. The van der Waals surface area contributed by atoms with Crippen LogP contribution in [0.4, 0.5) is 17.6 Å². The van der Waals surface area contributed by atoms with Gasteiger partial charge >= 0.3 is 0 Å². The Bertz CT molecular complexity index is 5580. The van der Waals surface area contributed by atoms with Crippen molar-refractivity contribution < 1.29 is 27.2 Å². The summed E-state index contributed by atoms with van der Waals surface area (Å²) in [5, 5.41) is 20.6. The molecule has 0 N–H and O–H groups in total. The number of fused-ring (bicyclic) bond motifs is 8. The summed E-state index contributed by atoms with van der Waals surface area (Å²) in [6.07, 6.45) is 26.3. The second kappa shape index (κ2) is 32.9. The van der Waals surface area contributed by atoms with Gasteiger partial charge in [-0.3, -0.25) is 9.59 Å². The molecule has 0 amide bonds. The Balaban J connectivity index is 0.992. The Morgan fingerprint density at radius 1 is 0.375 bits per heavy atom. The summed E-state index contributed by atoms with van der Waals surface area (Å²) in [4.78, 5) is 40.0.